The van der Waals surface area contributed by atoms with Crippen molar-refractivity contribution in [3.63, 3.8) is 0 Å². The topological polar surface area (TPSA) is 56.7 Å². The van der Waals surface area contributed by atoms with Crippen molar-refractivity contribution >= 4 is 18.1 Å². The summed E-state index contributed by atoms with van der Waals surface area (Å²) in [6.45, 7) is 0. The number of hydrogen-bond donors (Lipinski definition) is 2. The third kappa shape index (κ3) is 2.34. The van der Waals surface area contributed by atoms with Crippen molar-refractivity contribution in [2.24, 2.45) is 4.99 Å². The van der Waals surface area contributed by atoms with E-state index in [1.54, 1.807) is 0 Å². The Morgan fingerprint density at radius 1 is 1.33 bits per heavy atom. The van der Waals surface area contributed by atoms with Crippen LogP contribution in [0.15, 0.2) is 47.7 Å². The summed E-state index contributed by atoms with van der Waals surface area (Å²) in [6, 6.07) is 8.98. The minimum Gasteiger partial charge on any atom is -0.306 e. The Labute approximate surface area is 87.1 Å². The molecule has 2 amide bonds. The first-order valence-corrected chi connectivity index (χ1v) is 4.46. The Kier molecular flexibility index (Phi) is 2.64. The zero-order chi connectivity index (χ0) is 10.5. The van der Waals surface area contributed by atoms with E-state index in [9.17, 15) is 4.79 Å². The summed E-state index contributed by atoms with van der Waals surface area (Å²) in [5.74, 6) is 0. The van der Waals surface area contributed by atoms with Crippen LogP contribution in [0.25, 0.3) is 0 Å². The van der Waals surface area contributed by atoms with Gasteiger partial charge in [0.2, 0.25) is 0 Å². The highest BCUT2D eigenvalue weighted by atomic mass is 16.2. The molecule has 1 aliphatic rings. The summed E-state index contributed by atoms with van der Waals surface area (Å²) in [6.07, 6.45) is 4.50. The van der Waals surface area contributed by atoms with E-state index in [-0.39, 0.29) is 6.03 Å². The number of hydrazine groups is 1. The number of urea groups is 1. The zero-order valence-corrected chi connectivity index (χ0v) is 7.92. The van der Waals surface area contributed by atoms with Gasteiger partial charge < -0.3 is 5.32 Å². The summed E-state index contributed by atoms with van der Waals surface area (Å²) < 4.78 is 0. The van der Waals surface area contributed by atoms with Crippen LogP contribution in [-0.2, 0) is 0 Å². The molecule has 1 heterocycles. The van der Waals surface area contributed by atoms with Crippen LogP contribution in [0, 0.1) is 0 Å². The second-order valence-corrected chi connectivity index (χ2v) is 2.87. The number of carbonyl (C=O) groups is 1. The highest BCUT2D eigenvalue weighted by Gasteiger charge is 2.10. The molecule has 0 spiro atoms. The maximum atomic E-state index is 11.6. The molecule has 0 atom stereocenters. The van der Waals surface area contributed by atoms with Gasteiger partial charge in [-0.1, -0.05) is 18.2 Å². The number of para-hydroxylation sites is 1. The fourth-order valence-corrected chi connectivity index (χ4v) is 1.12. The molecule has 0 aromatic heterocycles. The minimum atomic E-state index is -0.261. The molecule has 1 aliphatic heterocycles. The van der Waals surface area contributed by atoms with Crippen molar-refractivity contribution in [2.45, 2.75) is 0 Å². The molecule has 5 nitrogen and oxygen atoms in total. The van der Waals surface area contributed by atoms with E-state index in [4.69, 9.17) is 0 Å². The van der Waals surface area contributed by atoms with Crippen LogP contribution in [0.2, 0.25) is 0 Å². The summed E-state index contributed by atoms with van der Waals surface area (Å²) in [5, 5.41) is 4.03. The van der Waals surface area contributed by atoms with Gasteiger partial charge in [-0.15, -0.1) is 0 Å². The van der Waals surface area contributed by atoms with Crippen molar-refractivity contribution in [1.29, 1.82) is 0 Å². The largest absolute Gasteiger partial charge is 0.344 e. The maximum absolute atomic E-state index is 11.6. The number of carbonyl (C=O) groups excluding carboxylic acids is 1. The number of amides is 2. The van der Waals surface area contributed by atoms with E-state index in [0.29, 0.717) is 0 Å². The average molecular weight is 202 g/mol. The number of anilines is 1. The van der Waals surface area contributed by atoms with Crippen LogP contribution in [0.1, 0.15) is 0 Å². The smallest absolute Gasteiger partial charge is 0.306 e. The van der Waals surface area contributed by atoms with Crippen LogP contribution in [-0.4, -0.2) is 17.4 Å². The first-order chi connectivity index (χ1) is 7.36. The van der Waals surface area contributed by atoms with Gasteiger partial charge in [0, 0.05) is 11.9 Å². The molecule has 0 saturated heterocycles. The Morgan fingerprint density at radius 2 is 2.13 bits per heavy atom. The molecular weight excluding hydrogens is 192 g/mol. The van der Waals surface area contributed by atoms with Crippen LogP contribution >= 0.6 is 0 Å². The molecule has 0 unspecified atom stereocenters. The molecule has 5 heteroatoms. The van der Waals surface area contributed by atoms with E-state index in [0.717, 1.165) is 5.69 Å². The second kappa shape index (κ2) is 4.28. The van der Waals surface area contributed by atoms with Crippen LogP contribution in [0.3, 0.4) is 0 Å². The molecular formula is C10H10N4O. The van der Waals surface area contributed by atoms with Gasteiger partial charge in [-0.25, -0.2) is 14.8 Å². The number of hydrogen-bond acceptors (Lipinski definition) is 3. The monoisotopic (exact) mass is 202 g/mol. The first kappa shape index (κ1) is 9.26. The van der Waals surface area contributed by atoms with E-state index < -0.39 is 0 Å². The van der Waals surface area contributed by atoms with Gasteiger partial charge in [-0.3, -0.25) is 5.43 Å². The van der Waals surface area contributed by atoms with Gasteiger partial charge in [0.1, 0.15) is 6.34 Å². The van der Waals surface area contributed by atoms with Gasteiger partial charge in [0.15, 0.2) is 0 Å². The highest BCUT2D eigenvalue weighted by Crippen LogP contribution is 2.06. The van der Waals surface area contributed by atoms with E-state index in [1.807, 2.05) is 30.3 Å². The van der Waals surface area contributed by atoms with Crippen molar-refractivity contribution in [1.82, 2.24) is 10.4 Å². The Morgan fingerprint density at radius 3 is 2.80 bits per heavy atom. The van der Waals surface area contributed by atoms with E-state index in [2.05, 4.69) is 15.7 Å². The number of benzene rings is 1. The molecule has 1 aromatic rings. The van der Waals surface area contributed by atoms with Gasteiger partial charge in [-0.2, -0.15) is 0 Å². The number of rotatable bonds is 1. The lowest BCUT2D eigenvalue weighted by Crippen LogP contribution is -2.41. The molecule has 76 valence electrons. The lowest BCUT2D eigenvalue weighted by atomic mass is 10.3. The molecule has 2 N–H and O–H groups in total. The molecule has 0 aliphatic carbocycles. The van der Waals surface area contributed by atoms with E-state index in [1.165, 1.54) is 23.7 Å². The molecule has 0 fully saturated rings. The quantitative estimate of drug-likeness (QED) is 0.725. The fourth-order valence-electron chi connectivity index (χ4n) is 1.12. The fraction of sp³-hybridized carbons (Fsp3) is 0. The third-order valence-corrected chi connectivity index (χ3v) is 1.82. The van der Waals surface area contributed by atoms with Crippen molar-refractivity contribution in [3.05, 3.63) is 42.7 Å². The predicted octanol–water partition coefficient (Wildman–Crippen LogP) is 1.54. The minimum absolute atomic E-state index is 0.261. The lowest BCUT2D eigenvalue weighted by Gasteiger charge is -2.19. The Bertz CT molecular complexity index is 399. The lowest BCUT2D eigenvalue weighted by molar-refractivity contribution is 0.222. The third-order valence-electron chi connectivity index (χ3n) is 1.82. The SMILES string of the molecule is O=C(Nc1ccccc1)N1C=CN=CN1. The van der Waals surface area contributed by atoms with Gasteiger partial charge in [0.05, 0.1) is 6.20 Å². The number of nitrogens with zero attached hydrogens (tertiary/aromatic N) is 2. The van der Waals surface area contributed by atoms with Crippen molar-refractivity contribution in [3.8, 4) is 0 Å². The zero-order valence-electron chi connectivity index (χ0n) is 7.92. The number of aliphatic imine (C=N–C) groups is 1. The van der Waals surface area contributed by atoms with Crippen LogP contribution in [0.5, 0.6) is 0 Å². The summed E-state index contributed by atoms with van der Waals surface area (Å²) in [7, 11) is 0. The number of nitrogens with one attached hydrogen (secondary N) is 2. The summed E-state index contributed by atoms with van der Waals surface area (Å²) in [4.78, 5) is 15.4. The van der Waals surface area contributed by atoms with Crippen LogP contribution < -0.4 is 10.7 Å². The standard InChI is InChI=1S/C10H10N4O/c15-10(14-7-6-11-8-12-14)13-9-4-2-1-3-5-9/h1-8H,(H,11,12)(H,13,15). The van der Waals surface area contributed by atoms with E-state index >= 15 is 0 Å². The molecule has 15 heavy (non-hydrogen) atoms. The molecule has 0 bridgehead atoms. The van der Waals surface area contributed by atoms with Crippen molar-refractivity contribution < 1.29 is 4.79 Å². The Hall–Kier alpha value is -2.30. The maximum Gasteiger partial charge on any atom is 0.344 e. The molecule has 2 rings (SSSR count). The first-order valence-electron chi connectivity index (χ1n) is 4.46. The van der Waals surface area contributed by atoms with Crippen molar-refractivity contribution in [2.75, 3.05) is 5.32 Å². The molecule has 0 radical (unpaired) electrons. The second-order valence-electron chi connectivity index (χ2n) is 2.87. The van der Waals surface area contributed by atoms with Gasteiger partial charge >= 0.3 is 6.03 Å². The summed E-state index contributed by atoms with van der Waals surface area (Å²) >= 11 is 0. The van der Waals surface area contributed by atoms with Gasteiger partial charge in [-0.05, 0) is 12.1 Å². The van der Waals surface area contributed by atoms with Gasteiger partial charge in [0.25, 0.3) is 0 Å². The average Bonchev–Trinajstić information content (AvgIpc) is 2.31. The molecule has 0 saturated carbocycles. The van der Waals surface area contributed by atoms with Crippen LogP contribution in [0.4, 0.5) is 10.5 Å². The predicted molar refractivity (Wildman–Crippen MR) is 58.1 cm³/mol. The summed E-state index contributed by atoms with van der Waals surface area (Å²) in [5.41, 5.74) is 3.43. The Balaban J connectivity index is 1.98. The normalized spacial score (nSPS) is 13.5. The molecule has 1 aromatic carbocycles. The highest BCUT2D eigenvalue weighted by molar-refractivity contribution is 5.90.